The van der Waals surface area contributed by atoms with Crippen molar-refractivity contribution in [2.24, 2.45) is 4.74 Å². The molecule has 0 bridgehead atoms. The summed E-state index contributed by atoms with van der Waals surface area (Å²) in [6.07, 6.45) is -0.702. The average Bonchev–Trinajstić information content (AvgIpc) is 2.82. The van der Waals surface area contributed by atoms with E-state index < -0.39 is 18.8 Å². The van der Waals surface area contributed by atoms with Crippen LogP contribution >= 0.6 is 7.05 Å². The van der Waals surface area contributed by atoms with Crippen LogP contribution in [0.2, 0.25) is 0 Å². The zero-order chi connectivity index (χ0) is 21.4. The largest absolute Gasteiger partial charge is 0.451 e. The zero-order valence-electron chi connectivity index (χ0n) is 16.9. The molecule has 0 N–H and O–H groups in total. The van der Waals surface area contributed by atoms with Gasteiger partial charge in [-0.1, -0.05) is 84.8 Å². The molecule has 30 heavy (non-hydrogen) atoms. The molecule has 5 heteroatoms. The van der Waals surface area contributed by atoms with E-state index in [-0.39, 0.29) is 5.78 Å². The van der Waals surface area contributed by atoms with Crippen molar-refractivity contribution in [2.75, 3.05) is 7.11 Å². The molecule has 1 amide bonds. The molecule has 0 saturated heterocycles. The SMILES string of the molecule is COC(=O)N=P(c1ccccc1)(c1ccccc1)C(C)C(=O)C#Cc1ccccc1. The van der Waals surface area contributed by atoms with Crippen molar-refractivity contribution in [3.8, 4) is 11.8 Å². The average molecular weight is 415 g/mol. The Hall–Kier alpha value is -3.41. The van der Waals surface area contributed by atoms with E-state index in [1.165, 1.54) is 7.11 Å². The number of carbonyl (C=O) groups is 2. The smallest absolute Gasteiger partial charge is 0.432 e. The van der Waals surface area contributed by atoms with Gasteiger partial charge in [0.05, 0.1) is 19.8 Å². The highest BCUT2D eigenvalue weighted by Gasteiger charge is 2.36. The van der Waals surface area contributed by atoms with Crippen molar-refractivity contribution >= 4 is 29.5 Å². The Morgan fingerprint density at radius 1 is 0.833 bits per heavy atom. The normalized spacial score (nSPS) is 11.5. The van der Waals surface area contributed by atoms with Crippen molar-refractivity contribution < 1.29 is 14.3 Å². The molecule has 0 fully saturated rings. The summed E-state index contributed by atoms with van der Waals surface area (Å²) in [5.41, 5.74) is 0.129. The maximum Gasteiger partial charge on any atom is 0.432 e. The fraction of sp³-hybridized carbons (Fsp3) is 0.120. The van der Waals surface area contributed by atoms with Crippen LogP contribution < -0.4 is 10.6 Å². The lowest BCUT2D eigenvalue weighted by Gasteiger charge is -2.29. The van der Waals surface area contributed by atoms with Gasteiger partial charge >= 0.3 is 6.09 Å². The number of hydrogen-bond acceptors (Lipinski definition) is 3. The Morgan fingerprint density at radius 3 is 1.77 bits per heavy atom. The van der Waals surface area contributed by atoms with Crippen LogP contribution in [-0.4, -0.2) is 24.6 Å². The van der Waals surface area contributed by atoms with Crippen molar-refractivity contribution in [3.63, 3.8) is 0 Å². The minimum Gasteiger partial charge on any atom is -0.451 e. The molecule has 0 saturated carbocycles. The highest BCUT2D eigenvalue weighted by molar-refractivity contribution is 7.82. The van der Waals surface area contributed by atoms with E-state index in [9.17, 15) is 9.59 Å². The molecular formula is C25H22NO3P. The zero-order valence-corrected chi connectivity index (χ0v) is 17.8. The number of methoxy groups -OCH3 is 1. The topological polar surface area (TPSA) is 55.7 Å². The molecule has 0 radical (unpaired) electrons. The van der Waals surface area contributed by atoms with Gasteiger partial charge in [-0.05, 0) is 35.6 Å². The van der Waals surface area contributed by atoms with E-state index in [1.54, 1.807) is 6.92 Å². The summed E-state index contributed by atoms with van der Waals surface area (Å²) < 4.78 is 9.39. The lowest BCUT2D eigenvalue weighted by Crippen LogP contribution is -2.30. The van der Waals surface area contributed by atoms with Crippen molar-refractivity contribution in [2.45, 2.75) is 12.6 Å². The van der Waals surface area contributed by atoms with Gasteiger partial charge in [0.25, 0.3) is 0 Å². The maximum absolute atomic E-state index is 13.2. The van der Waals surface area contributed by atoms with Gasteiger partial charge in [-0.2, -0.15) is 4.74 Å². The predicted molar refractivity (Wildman–Crippen MR) is 122 cm³/mol. The highest BCUT2D eigenvalue weighted by Crippen LogP contribution is 2.52. The van der Waals surface area contributed by atoms with Gasteiger partial charge in [-0.3, -0.25) is 4.79 Å². The Kier molecular flexibility index (Phi) is 7.01. The highest BCUT2D eigenvalue weighted by atomic mass is 31.2. The van der Waals surface area contributed by atoms with Gasteiger partial charge in [-0.25, -0.2) is 4.79 Å². The van der Waals surface area contributed by atoms with Gasteiger partial charge in [-0.15, -0.1) is 0 Å². The Labute approximate surface area is 177 Å². The van der Waals surface area contributed by atoms with Crippen LogP contribution in [0.1, 0.15) is 12.5 Å². The van der Waals surface area contributed by atoms with E-state index in [4.69, 9.17) is 4.74 Å². The monoisotopic (exact) mass is 415 g/mol. The molecule has 0 aliphatic heterocycles. The fourth-order valence-electron chi connectivity index (χ4n) is 3.21. The molecule has 4 nitrogen and oxygen atoms in total. The summed E-state index contributed by atoms with van der Waals surface area (Å²) in [5, 5.41) is 1.65. The van der Waals surface area contributed by atoms with Crippen LogP contribution in [0.25, 0.3) is 0 Å². The van der Waals surface area contributed by atoms with E-state index in [1.807, 2.05) is 91.0 Å². The van der Waals surface area contributed by atoms with Gasteiger partial charge < -0.3 is 4.74 Å². The number of Topliss-reactive ketones (excluding diaryl/α,β-unsaturated/α-hetero) is 1. The van der Waals surface area contributed by atoms with Crippen LogP contribution in [-0.2, 0) is 9.53 Å². The van der Waals surface area contributed by atoms with Gasteiger partial charge in [0.15, 0.2) is 0 Å². The lowest BCUT2D eigenvalue weighted by atomic mass is 10.2. The second kappa shape index (κ2) is 9.87. The molecule has 0 aliphatic rings. The van der Waals surface area contributed by atoms with Crippen molar-refractivity contribution in [3.05, 3.63) is 96.6 Å². The Morgan fingerprint density at radius 2 is 1.30 bits per heavy atom. The Bertz CT molecular complexity index is 1090. The maximum atomic E-state index is 13.2. The standard InChI is InChI=1S/C25H22NO3P/c1-20(24(27)19-18-21-12-6-3-7-13-21)30(26-25(28)29-2,22-14-8-4-9-15-22)23-16-10-5-11-17-23/h3-17,20H,1-2H3. The summed E-state index contributed by atoms with van der Waals surface area (Å²) in [5.74, 6) is 5.42. The third-order valence-corrected chi connectivity index (χ3v) is 8.76. The molecule has 0 aliphatic carbocycles. The predicted octanol–water partition coefficient (Wildman–Crippen LogP) is 4.61. The van der Waals surface area contributed by atoms with Crippen LogP contribution in [0.5, 0.6) is 0 Å². The number of rotatable bonds is 4. The fourth-order valence-corrected chi connectivity index (χ4v) is 6.80. The minimum atomic E-state index is -2.84. The quantitative estimate of drug-likeness (QED) is 0.462. The number of benzene rings is 3. The van der Waals surface area contributed by atoms with E-state index in [0.29, 0.717) is 0 Å². The molecule has 3 aromatic carbocycles. The molecule has 0 aromatic heterocycles. The van der Waals surface area contributed by atoms with Crippen LogP contribution in [0, 0.1) is 11.8 Å². The van der Waals surface area contributed by atoms with Crippen molar-refractivity contribution in [1.82, 2.24) is 0 Å². The van der Waals surface area contributed by atoms with E-state index in [0.717, 1.165) is 16.2 Å². The van der Waals surface area contributed by atoms with E-state index in [2.05, 4.69) is 16.6 Å². The molecule has 0 heterocycles. The number of ether oxygens (including phenoxy) is 1. The molecule has 3 rings (SSSR count). The third kappa shape index (κ3) is 4.59. The van der Waals surface area contributed by atoms with Gasteiger partial charge in [0, 0.05) is 5.56 Å². The molecule has 1 unspecified atom stereocenters. The Balaban J connectivity index is 2.20. The third-order valence-electron chi connectivity index (χ3n) is 4.76. The summed E-state index contributed by atoms with van der Waals surface area (Å²) >= 11 is 0. The number of nitrogens with zero attached hydrogens (tertiary/aromatic N) is 1. The second-order valence-electron chi connectivity index (χ2n) is 6.58. The molecule has 150 valence electrons. The van der Waals surface area contributed by atoms with Crippen LogP contribution in [0.3, 0.4) is 0 Å². The molecule has 3 aromatic rings. The van der Waals surface area contributed by atoms with Crippen LogP contribution in [0.15, 0.2) is 95.7 Å². The summed E-state index contributed by atoms with van der Waals surface area (Å²) in [6.45, 7) is 1.79. The number of amides is 1. The molecular weight excluding hydrogens is 393 g/mol. The van der Waals surface area contributed by atoms with E-state index >= 15 is 0 Å². The van der Waals surface area contributed by atoms with Crippen LogP contribution in [0.4, 0.5) is 4.79 Å². The van der Waals surface area contributed by atoms with Gasteiger partial charge in [0.2, 0.25) is 5.78 Å². The first-order chi connectivity index (χ1) is 14.6. The van der Waals surface area contributed by atoms with Gasteiger partial charge in [0.1, 0.15) is 0 Å². The first-order valence-corrected chi connectivity index (χ1v) is 11.3. The molecule has 0 spiro atoms. The van der Waals surface area contributed by atoms with Crippen molar-refractivity contribution in [1.29, 1.82) is 0 Å². The minimum absolute atomic E-state index is 0.271. The lowest BCUT2D eigenvalue weighted by molar-refractivity contribution is -0.113. The molecule has 1 atom stereocenters. The first kappa shape index (κ1) is 21.3. The second-order valence-corrected chi connectivity index (χ2v) is 9.96. The first-order valence-electron chi connectivity index (χ1n) is 9.50. The summed E-state index contributed by atoms with van der Waals surface area (Å²) in [6, 6.07) is 28.3. The number of ketones is 1. The summed E-state index contributed by atoms with van der Waals surface area (Å²) in [7, 11) is -1.55. The number of hydrogen-bond donors (Lipinski definition) is 0. The summed E-state index contributed by atoms with van der Waals surface area (Å²) in [4.78, 5) is 25.6. The number of carbonyl (C=O) groups excluding carboxylic acids is 2.